The summed E-state index contributed by atoms with van der Waals surface area (Å²) in [5, 5.41) is 17.6. The van der Waals surface area contributed by atoms with Crippen molar-refractivity contribution in [3.8, 4) is 17.2 Å². The second-order valence-corrected chi connectivity index (χ2v) is 6.14. The number of para-hydroxylation sites is 1. The van der Waals surface area contributed by atoms with Gasteiger partial charge in [0.15, 0.2) is 0 Å². The normalized spacial score (nSPS) is 10.6. The number of aromatic carboxylic acids is 1. The molecular formula is C18H16N2O4S. The maximum absolute atomic E-state index is 11.1. The summed E-state index contributed by atoms with van der Waals surface area (Å²) in [5.74, 6) is 0.606. The first-order valence-corrected chi connectivity index (χ1v) is 8.69. The van der Waals surface area contributed by atoms with E-state index in [2.05, 4.69) is 10.2 Å². The van der Waals surface area contributed by atoms with Crippen molar-refractivity contribution in [2.45, 2.75) is 11.6 Å². The van der Waals surface area contributed by atoms with Crippen LogP contribution in [-0.4, -0.2) is 33.6 Å². The number of ether oxygens (including phenoxy) is 1. The molecule has 25 heavy (non-hydrogen) atoms. The first-order chi connectivity index (χ1) is 12.2. The van der Waals surface area contributed by atoms with Gasteiger partial charge in [0.05, 0.1) is 6.61 Å². The molecule has 0 saturated carbocycles. The van der Waals surface area contributed by atoms with Crippen LogP contribution in [0.15, 0.2) is 64.2 Å². The van der Waals surface area contributed by atoms with E-state index in [1.165, 1.54) is 17.8 Å². The number of carbonyl (C=O) groups is 1. The lowest BCUT2D eigenvalue weighted by atomic mass is 10.2. The largest absolute Gasteiger partial charge is 0.493 e. The number of nitrogens with zero attached hydrogens (tertiary/aromatic N) is 2. The molecule has 0 atom stereocenters. The Morgan fingerprint density at radius 3 is 2.64 bits per heavy atom. The smallest absolute Gasteiger partial charge is 0.339 e. The van der Waals surface area contributed by atoms with E-state index in [1.807, 2.05) is 30.3 Å². The van der Waals surface area contributed by atoms with Gasteiger partial charge in [-0.2, -0.15) is 0 Å². The van der Waals surface area contributed by atoms with Crippen LogP contribution in [0.3, 0.4) is 0 Å². The van der Waals surface area contributed by atoms with Gasteiger partial charge in [-0.15, -0.1) is 10.2 Å². The third-order valence-corrected chi connectivity index (χ3v) is 4.22. The Morgan fingerprint density at radius 2 is 1.84 bits per heavy atom. The monoisotopic (exact) mass is 356 g/mol. The Bertz CT molecular complexity index is 836. The Balaban J connectivity index is 1.45. The summed E-state index contributed by atoms with van der Waals surface area (Å²) in [6, 6.07) is 16.2. The van der Waals surface area contributed by atoms with Crippen LogP contribution in [-0.2, 0) is 0 Å². The van der Waals surface area contributed by atoms with Gasteiger partial charge >= 0.3 is 5.97 Å². The molecule has 0 radical (unpaired) electrons. The van der Waals surface area contributed by atoms with Crippen LogP contribution in [0.2, 0.25) is 0 Å². The molecule has 1 heterocycles. The summed E-state index contributed by atoms with van der Waals surface area (Å²) in [5.41, 5.74) is 1.05. The van der Waals surface area contributed by atoms with Gasteiger partial charge in [-0.3, -0.25) is 0 Å². The number of rotatable bonds is 8. The summed E-state index contributed by atoms with van der Waals surface area (Å²) in [6.45, 7) is 0.414. The van der Waals surface area contributed by atoms with E-state index in [0.29, 0.717) is 23.5 Å². The Labute approximate surface area is 148 Å². The molecule has 6 nitrogen and oxygen atoms in total. The standard InChI is InChI=1S/C18H16N2O4S/c21-17(22)14-9-4-5-10-15(14)23-11-6-12-25-18-20-19-16(24-18)13-7-2-1-3-8-13/h1-5,7-10H,6,11-12H2,(H,21,22). The van der Waals surface area contributed by atoms with Crippen molar-refractivity contribution >= 4 is 17.7 Å². The van der Waals surface area contributed by atoms with Gasteiger partial charge in [0, 0.05) is 11.3 Å². The SMILES string of the molecule is O=C(O)c1ccccc1OCCCSc1nnc(-c2ccccc2)o1. The average molecular weight is 356 g/mol. The molecule has 3 aromatic rings. The van der Waals surface area contributed by atoms with Crippen LogP contribution in [0.25, 0.3) is 11.5 Å². The molecule has 0 aliphatic rings. The van der Waals surface area contributed by atoms with Crippen LogP contribution in [0, 0.1) is 0 Å². The molecule has 1 N–H and O–H groups in total. The maximum atomic E-state index is 11.1. The zero-order chi connectivity index (χ0) is 17.5. The number of hydrogen-bond donors (Lipinski definition) is 1. The minimum absolute atomic E-state index is 0.166. The molecule has 0 fully saturated rings. The highest BCUT2D eigenvalue weighted by Crippen LogP contribution is 2.23. The molecule has 3 rings (SSSR count). The van der Waals surface area contributed by atoms with E-state index >= 15 is 0 Å². The predicted octanol–water partition coefficient (Wildman–Crippen LogP) is 4.00. The number of hydrogen-bond acceptors (Lipinski definition) is 6. The molecule has 0 aliphatic carbocycles. The molecule has 1 aromatic heterocycles. The lowest BCUT2D eigenvalue weighted by Crippen LogP contribution is -2.04. The van der Waals surface area contributed by atoms with Gasteiger partial charge in [-0.1, -0.05) is 42.1 Å². The summed E-state index contributed by atoms with van der Waals surface area (Å²) in [6.07, 6.45) is 0.724. The minimum atomic E-state index is -0.996. The highest BCUT2D eigenvalue weighted by molar-refractivity contribution is 7.99. The maximum Gasteiger partial charge on any atom is 0.339 e. The second kappa shape index (κ2) is 8.34. The fourth-order valence-corrected chi connectivity index (χ4v) is 2.81. The van der Waals surface area contributed by atoms with Crippen LogP contribution >= 0.6 is 11.8 Å². The highest BCUT2D eigenvalue weighted by atomic mass is 32.2. The summed E-state index contributed by atoms with van der Waals surface area (Å²) < 4.78 is 11.2. The number of carboxylic acids is 1. The number of thioether (sulfide) groups is 1. The van der Waals surface area contributed by atoms with Gasteiger partial charge in [0.2, 0.25) is 5.89 Å². The molecule has 2 aromatic carbocycles. The zero-order valence-electron chi connectivity index (χ0n) is 13.3. The van der Waals surface area contributed by atoms with Crippen molar-refractivity contribution in [3.63, 3.8) is 0 Å². The molecular weight excluding hydrogens is 340 g/mol. The molecule has 0 bridgehead atoms. The Kier molecular flexibility index (Phi) is 5.69. The topological polar surface area (TPSA) is 85.5 Å². The number of aromatic nitrogens is 2. The Morgan fingerprint density at radius 1 is 1.08 bits per heavy atom. The summed E-state index contributed by atoms with van der Waals surface area (Å²) in [4.78, 5) is 11.1. The van der Waals surface area contributed by atoms with Crippen LogP contribution < -0.4 is 4.74 Å². The fraction of sp³-hybridized carbons (Fsp3) is 0.167. The lowest BCUT2D eigenvalue weighted by molar-refractivity contribution is 0.0692. The second-order valence-electron chi connectivity index (χ2n) is 5.09. The quantitative estimate of drug-likeness (QED) is 0.482. The van der Waals surface area contributed by atoms with E-state index in [4.69, 9.17) is 14.3 Å². The van der Waals surface area contributed by atoms with Crippen LogP contribution in [0.4, 0.5) is 0 Å². The van der Waals surface area contributed by atoms with Gasteiger partial charge < -0.3 is 14.3 Å². The van der Waals surface area contributed by atoms with E-state index in [-0.39, 0.29) is 5.56 Å². The first-order valence-electron chi connectivity index (χ1n) is 7.71. The van der Waals surface area contributed by atoms with E-state index < -0.39 is 5.97 Å². The van der Waals surface area contributed by atoms with Crippen LogP contribution in [0.1, 0.15) is 16.8 Å². The summed E-state index contributed by atoms with van der Waals surface area (Å²) >= 11 is 1.44. The van der Waals surface area contributed by atoms with Crippen molar-refractivity contribution in [3.05, 3.63) is 60.2 Å². The molecule has 128 valence electrons. The van der Waals surface area contributed by atoms with Crippen molar-refractivity contribution in [2.24, 2.45) is 0 Å². The van der Waals surface area contributed by atoms with Crippen molar-refractivity contribution in [2.75, 3.05) is 12.4 Å². The minimum Gasteiger partial charge on any atom is -0.493 e. The molecule has 0 unspecified atom stereocenters. The molecule has 0 amide bonds. The fourth-order valence-electron chi connectivity index (χ4n) is 2.14. The van der Waals surface area contributed by atoms with Crippen molar-refractivity contribution in [1.29, 1.82) is 0 Å². The predicted molar refractivity (Wildman–Crippen MR) is 94.0 cm³/mol. The van der Waals surface area contributed by atoms with Crippen molar-refractivity contribution in [1.82, 2.24) is 10.2 Å². The zero-order valence-corrected chi connectivity index (χ0v) is 14.1. The number of carboxylic acid groups (broad SMARTS) is 1. The van der Waals surface area contributed by atoms with Gasteiger partial charge in [0.25, 0.3) is 5.22 Å². The van der Waals surface area contributed by atoms with Crippen molar-refractivity contribution < 1.29 is 19.1 Å². The molecule has 0 spiro atoms. The third-order valence-electron chi connectivity index (χ3n) is 3.32. The van der Waals surface area contributed by atoms with Gasteiger partial charge in [0.1, 0.15) is 11.3 Å². The molecule has 7 heteroatoms. The number of benzene rings is 2. The molecule has 0 saturated heterocycles. The van der Waals surface area contributed by atoms with Gasteiger partial charge in [-0.05, 0) is 30.7 Å². The highest BCUT2D eigenvalue weighted by Gasteiger charge is 2.10. The summed E-state index contributed by atoms with van der Waals surface area (Å²) in [7, 11) is 0. The van der Waals surface area contributed by atoms with E-state index in [0.717, 1.165) is 17.7 Å². The van der Waals surface area contributed by atoms with Gasteiger partial charge in [-0.25, -0.2) is 4.79 Å². The lowest BCUT2D eigenvalue weighted by Gasteiger charge is -2.08. The van der Waals surface area contributed by atoms with Crippen LogP contribution in [0.5, 0.6) is 5.75 Å². The third kappa shape index (κ3) is 4.60. The Hall–Kier alpha value is -2.80. The van der Waals surface area contributed by atoms with E-state index in [1.54, 1.807) is 18.2 Å². The molecule has 0 aliphatic heterocycles. The first kappa shape index (κ1) is 17.0. The average Bonchev–Trinajstić information content (AvgIpc) is 3.11. The van der Waals surface area contributed by atoms with E-state index in [9.17, 15) is 4.79 Å².